The Kier molecular flexibility index (Phi) is 5.51. The minimum absolute atomic E-state index is 0.0673. The first kappa shape index (κ1) is 13.2. The molecule has 0 aromatic heterocycles. The van der Waals surface area contributed by atoms with Crippen molar-refractivity contribution in [1.29, 1.82) is 0 Å². The first-order valence-corrected chi connectivity index (χ1v) is 5.35. The molecule has 0 saturated heterocycles. The molecule has 6 nitrogen and oxygen atoms in total. The molecule has 0 bridgehead atoms. The van der Waals surface area contributed by atoms with E-state index in [0.717, 1.165) is 0 Å². The lowest BCUT2D eigenvalue weighted by molar-refractivity contribution is -0.136. The number of hydrogen-bond acceptors (Lipinski definition) is 5. The van der Waals surface area contributed by atoms with Crippen LogP contribution in [0.2, 0.25) is 0 Å². The zero-order chi connectivity index (χ0) is 11.2. The van der Waals surface area contributed by atoms with Gasteiger partial charge in [-0.05, 0) is 0 Å². The van der Waals surface area contributed by atoms with Crippen LogP contribution in [0, 0.1) is 0 Å². The number of carboxylic acids is 1. The van der Waals surface area contributed by atoms with E-state index in [2.05, 4.69) is 0 Å². The highest BCUT2D eigenvalue weighted by Crippen LogP contribution is 2.00. The Hall–Kier alpha value is -0.790. The molecular weight excluding hydrogens is 210 g/mol. The van der Waals surface area contributed by atoms with Crippen LogP contribution in [0.5, 0.6) is 0 Å². The van der Waals surface area contributed by atoms with Gasteiger partial charge in [-0.3, -0.25) is 9.00 Å². The summed E-state index contributed by atoms with van der Waals surface area (Å²) in [6, 6.07) is 0. The molecule has 4 N–H and O–H groups in total. The maximum absolute atomic E-state index is 11.2. The van der Waals surface area contributed by atoms with Gasteiger partial charge in [0.25, 0.3) is 0 Å². The first-order chi connectivity index (χ1) is 6.43. The SMILES string of the molecule is NC(C=O)(CO)CS(=O)CCC(=O)O. The summed E-state index contributed by atoms with van der Waals surface area (Å²) in [6.07, 6.45) is 0.0820. The fourth-order valence-corrected chi connectivity index (χ4v) is 2.00. The average Bonchev–Trinajstić information content (AvgIpc) is 2.14. The molecule has 0 heterocycles. The van der Waals surface area contributed by atoms with Crippen LogP contribution in [0.25, 0.3) is 0 Å². The number of hydrogen-bond donors (Lipinski definition) is 3. The molecule has 7 heteroatoms. The standard InChI is InChI=1S/C7H13NO5S/c8-7(3-9,4-10)5-14(13)2-1-6(11)12/h3,10H,1-2,4-5,8H2,(H,11,12). The van der Waals surface area contributed by atoms with Gasteiger partial charge in [0.1, 0.15) is 11.8 Å². The number of aliphatic hydroxyl groups excluding tert-OH is 1. The molecule has 0 aromatic rings. The fraction of sp³-hybridized carbons (Fsp3) is 0.714. The lowest BCUT2D eigenvalue weighted by Crippen LogP contribution is -2.50. The van der Waals surface area contributed by atoms with E-state index in [1.807, 2.05) is 0 Å². The Bertz CT molecular complexity index is 244. The molecule has 14 heavy (non-hydrogen) atoms. The first-order valence-electron chi connectivity index (χ1n) is 3.86. The smallest absolute Gasteiger partial charge is 0.304 e. The van der Waals surface area contributed by atoms with Gasteiger partial charge in [0, 0.05) is 16.6 Å². The van der Waals surface area contributed by atoms with Gasteiger partial charge in [-0.25, -0.2) is 0 Å². The third-order valence-corrected chi connectivity index (χ3v) is 3.02. The summed E-state index contributed by atoms with van der Waals surface area (Å²) in [5.41, 5.74) is 3.82. The van der Waals surface area contributed by atoms with Gasteiger partial charge in [0.05, 0.1) is 18.8 Å². The van der Waals surface area contributed by atoms with E-state index in [9.17, 15) is 13.8 Å². The van der Waals surface area contributed by atoms with Crippen molar-refractivity contribution in [2.24, 2.45) is 5.73 Å². The number of carboxylic acid groups (broad SMARTS) is 1. The molecule has 0 aromatic carbocycles. The average molecular weight is 223 g/mol. The molecule has 2 unspecified atom stereocenters. The summed E-state index contributed by atoms with van der Waals surface area (Å²) >= 11 is 0. The quantitative estimate of drug-likeness (QED) is 0.434. The molecule has 0 saturated carbocycles. The molecule has 0 spiro atoms. The van der Waals surface area contributed by atoms with Crippen molar-refractivity contribution in [2.45, 2.75) is 12.0 Å². The molecular formula is C7H13NO5S. The van der Waals surface area contributed by atoms with Crippen molar-refractivity contribution < 1.29 is 24.0 Å². The van der Waals surface area contributed by atoms with Crippen LogP contribution in [0.15, 0.2) is 0 Å². The molecule has 0 radical (unpaired) electrons. The van der Waals surface area contributed by atoms with Crippen molar-refractivity contribution in [1.82, 2.24) is 0 Å². The van der Waals surface area contributed by atoms with E-state index < -0.39 is 28.9 Å². The van der Waals surface area contributed by atoms with Crippen molar-refractivity contribution in [2.75, 3.05) is 18.1 Å². The van der Waals surface area contributed by atoms with E-state index in [0.29, 0.717) is 6.29 Å². The highest BCUT2D eigenvalue weighted by atomic mass is 32.2. The Balaban J connectivity index is 4.04. The second kappa shape index (κ2) is 5.84. The molecule has 0 aliphatic heterocycles. The van der Waals surface area contributed by atoms with E-state index in [1.165, 1.54) is 0 Å². The third kappa shape index (κ3) is 5.05. The summed E-state index contributed by atoms with van der Waals surface area (Å²) in [6.45, 7) is -0.602. The second-order valence-electron chi connectivity index (χ2n) is 2.94. The van der Waals surface area contributed by atoms with Gasteiger partial charge >= 0.3 is 5.97 Å². The zero-order valence-electron chi connectivity index (χ0n) is 7.51. The Labute approximate surface area is 83.6 Å². The van der Waals surface area contributed by atoms with Crippen molar-refractivity contribution in [3.8, 4) is 0 Å². The minimum atomic E-state index is -1.52. The van der Waals surface area contributed by atoms with Crippen molar-refractivity contribution >= 4 is 23.1 Å². The lowest BCUT2D eigenvalue weighted by atomic mass is 10.1. The highest BCUT2D eigenvalue weighted by molar-refractivity contribution is 7.85. The molecule has 2 atom stereocenters. The fourth-order valence-electron chi connectivity index (χ4n) is 0.690. The minimum Gasteiger partial charge on any atom is -0.481 e. The van der Waals surface area contributed by atoms with E-state index in [1.54, 1.807) is 0 Å². The van der Waals surface area contributed by atoms with Gasteiger partial charge < -0.3 is 20.7 Å². The molecule has 0 rings (SSSR count). The van der Waals surface area contributed by atoms with Gasteiger partial charge in [-0.1, -0.05) is 0 Å². The Morgan fingerprint density at radius 1 is 1.57 bits per heavy atom. The Morgan fingerprint density at radius 2 is 2.14 bits per heavy atom. The van der Waals surface area contributed by atoms with E-state index in [4.69, 9.17) is 15.9 Å². The van der Waals surface area contributed by atoms with Crippen LogP contribution < -0.4 is 5.73 Å². The summed E-state index contributed by atoms with van der Waals surface area (Å²) in [5, 5.41) is 17.0. The van der Waals surface area contributed by atoms with Gasteiger partial charge in [0.2, 0.25) is 0 Å². The summed E-state index contributed by atoms with van der Waals surface area (Å²) in [7, 11) is -1.51. The maximum Gasteiger partial charge on any atom is 0.304 e. The summed E-state index contributed by atoms with van der Waals surface area (Å²) in [5.74, 6) is -1.35. The summed E-state index contributed by atoms with van der Waals surface area (Å²) in [4.78, 5) is 20.5. The monoisotopic (exact) mass is 223 g/mol. The lowest BCUT2D eigenvalue weighted by Gasteiger charge is -2.18. The number of carbonyl (C=O) groups is 2. The predicted molar refractivity (Wildman–Crippen MR) is 50.2 cm³/mol. The van der Waals surface area contributed by atoms with Crippen LogP contribution in [-0.4, -0.2) is 50.3 Å². The topological polar surface area (TPSA) is 118 Å². The molecule has 0 aliphatic carbocycles. The molecule has 82 valence electrons. The number of carbonyl (C=O) groups excluding carboxylic acids is 1. The molecule has 0 fully saturated rings. The van der Waals surface area contributed by atoms with Crippen molar-refractivity contribution in [3.05, 3.63) is 0 Å². The van der Waals surface area contributed by atoms with E-state index in [-0.39, 0.29) is 17.9 Å². The molecule has 0 amide bonds. The number of aliphatic hydroxyl groups is 1. The second-order valence-corrected chi connectivity index (χ2v) is 4.52. The maximum atomic E-state index is 11.2. The molecule has 0 aliphatic rings. The van der Waals surface area contributed by atoms with Crippen LogP contribution in [0.4, 0.5) is 0 Å². The van der Waals surface area contributed by atoms with Crippen LogP contribution >= 0.6 is 0 Å². The summed E-state index contributed by atoms with van der Waals surface area (Å²) < 4.78 is 11.2. The third-order valence-electron chi connectivity index (χ3n) is 1.50. The Morgan fingerprint density at radius 3 is 2.50 bits per heavy atom. The number of rotatable bonds is 7. The van der Waals surface area contributed by atoms with Crippen LogP contribution in [0.3, 0.4) is 0 Å². The van der Waals surface area contributed by atoms with Crippen LogP contribution in [-0.2, 0) is 20.4 Å². The normalized spacial score (nSPS) is 17.0. The van der Waals surface area contributed by atoms with E-state index >= 15 is 0 Å². The number of aldehydes is 1. The van der Waals surface area contributed by atoms with Gasteiger partial charge in [0.15, 0.2) is 0 Å². The van der Waals surface area contributed by atoms with Crippen molar-refractivity contribution in [3.63, 3.8) is 0 Å². The zero-order valence-corrected chi connectivity index (χ0v) is 8.33. The van der Waals surface area contributed by atoms with Gasteiger partial charge in [-0.15, -0.1) is 0 Å². The highest BCUT2D eigenvalue weighted by Gasteiger charge is 2.26. The number of nitrogens with two attached hydrogens (primary N) is 1. The van der Waals surface area contributed by atoms with Crippen LogP contribution in [0.1, 0.15) is 6.42 Å². The number of aliphatic carboxylic acids is 1. The predicted octanol–water partition coefficient (Wildman–Crippen LogP) is -1.90. The van der Waals surface area contributed by atoms with Gasteiger partial charge in [-0.2, -0.15) is 0 Å². The largest absolute Gasteiger partial charge is 0.481 e.